The van der Waals surface area contributed by atoms with Gasteiger partial charge in [0.05, 0.1) is 0 Å². The van der Waals surface area contributed by atoms with Crippen molar-refractivity contribution in [1.82, 2.24) is 4.98 Å². The van der Waals surface area contributed by atoms with Gasteiger partial charge in [-0.2, -0.15) is 0 Å². The summed E-state index contributed by atoms with van der Waals surface area (Å²) in [6, 6.07) is 16.2. The fourth-order valence-electron chi connectivity index (χ4n) is 3.24. The number of esters is 1. The highest BCUT2D eigenvalue weighted by molar-refractivity contribution is 5.98. The molecule has 0 aliphatic carbocycles. The molecule has 7 heteroatoms. The maximum Gasteiger partial charge on any atom is 0.355 e. The molecule has 0 saturated carbocycles. The number of aromatic amines is 1. The molecular formula is C21H19N3O4. The fraction of sp³-hybridized carbons (Fsp3) is 0.190. The van der Waals surface area contributed by atoms with Gasteiger partial charge in [-0.1, -0.05) is 18.2 Å². The molecule has 7 nitrogen and oxygen atoms in total. The summed E-state index contributed by atoms with van der Waals surface area (Å²) in [7, 11) is 0. The number of hydrogen-bond acceptors (Lipinski definition) is 4. The van der Waals surface area contributed by atoms with Gasteiger partial charge < -0.3 is 19.9 Å². The molecular weight excluding hydrogens is 358 g/mol. The predicted octanol–water partition coefficient (Wildman–Crippen LogP) is 3.09. The third-order valence-corrected chi connectivity index (χ3v) is 4.62. The molecule has 2 heterocycles. The van der Waals surface area contributed by atoms with E-state index < -0.39 is 11.9 Å². The lowest BCUT2D eigenvalue weighted by atomic mass is 10.2. The normalized spacial score (nSPS) is 13.7. The Morgan fingerprint density at radius 1 is 1.11 bits per heavy atom. The minimum atomic E-state index is -0.589. The van der Waals surface area contributed by atoms with Crippen LogP contribution in [0.4, 0.5) is 11.4 Å². The number of rotatable bonds is 5. The average molecular weight is 377 g/mol. The van der Waals surface area contributed by atoms with Gasteiger partial charge in [0.2, 0.25) is 5.91 Å². The average Bonchev–Trinajstić information content (AvgIpc) is 3.33. The van der Waals surface area contributed by atoms with Crippen LogP contribution in [0.2, 0.25) is 0 Å². The largest absolute Gasteiger partial charge is 0.451 e. The zero-order valence-corrected chi connectivity index (χ0v) is 15.1. The molecule has 2 N–H and O–H groups in total. The fourth-order valence-corrected chi connectivity index (χ4v) is 3.24. The quantitative estimate of drug-likeness (QED) is 0.669. The highest BCUT2D eigenvalue weighted by Crippen LogP contribution is 2.23. The van der Waals surface area contributed by atoms with Crippen LogP contribution in [0.5, 0.6) is 0 Å². The first-order valence-corrected chi connectivity index (χ1v) is 9.05. The van der Waals surface area contributed by atoms with Gasteiger partial charge in [-0.15, -0.1) is 0 Å². The Kier molecular flexibility index (Phi) is 4.80. The number of carbonyl (C=O) groups excluding carboxylic acids is 3. The van der Waals surface area contributed by atoms with Crippen molar-refractivity contribution in [3.05, 3.63) is 60.3 Å². The van der Waals surface area contributed by atoms with Crippen LogP contribution in [0.15, 0.2) is 54.6 Å². The summed E-state index contributed by atoms with van der Waals surface area (Å²) in [4.78, 5) is 40.6. The van der Waals surface area contributed by atoms with Gasteiger partial charge in [0.25, 0.3) is 5.91 Å². The number of carbonyl (C=O) groups is 3. The SMILES string of the molecule is O=C(COC(=O)c1cc2ccccc2[nH]1)Nc1ccc(N2CCCC2=O)cc1. The number of nitrogens with zero attached hydrogens (tertiary/aromatic N) is 1. The smallest absolute Gasteiger partial charge is 0.355 e. The van der Waals surface area contributed by atoms with Crippen molar-refractivity contribution in [1.29, 1.82) is 0 Å². The molecule has 1 aromatic heterocycles. The maximum absolute atomic E-state index is 12.1. The third kappa shape index (κ3) is 3.73. The summed E-state index contributed by atoms with van der Waals surface area (Å²) in [5.74, 6) is -0.913. The van der Waals surface area contributed by atoms with Crippen molar-refractivity contribution in [2.24, 2.45) is 0 Å². The van der Waals surface area contributed by atoms with Crippen molar-refractivity contribution in [3.63, 3.8) is 0 Å². The van der Waals surface area contributed by atoms with Gasteiger partial charge in [-0.25, -0.2) is 4.79 Å². The first-order valence-electron chi connectivity index (χ1n) is 9.05. The minimum absolute atomic E-state index is 0.112. The predicted molar refractivity (Wildman–Crippen MR) is 105 cm³/mol. The topological polar surface area (TPSA) is 91.5 Å². The van der Waals surface area contributed by atoms with Crippen LogP contribution in [0.3, 0.4) is 0 Å². The molecule has 142 valence electrons. The molecule has 4 rings (SSSR count). The Hall–Kier alpha value is -3.61. The van der Waals surface area contributed by atoms with Crippen LogP contribution in [0.25, 0.3) is 10.9 Å². The number of para-hydroxylation sites is 1. The Bertz CT molecular complexity index is 1010. The molecule has 0 atom stereocenters. The molecule has 1 fully saturated rings. The van der Waals surface area contributed by atoms with E-state index in [9.17, 15) is 14.4 Å². The van der Waals surface area contributed by atoms with Crippen LogP contribution in [0, 0.1) is 0 Å². The molecule has 0 radical (unpaired) electrons. The van der Waals surface area contributed by atoms with E-state index in [-0.39, 0.29) is 12.5 Å². The van der Waals surface area contributed by atoms with Crippen LogP contribution < -0.4 is 10.2 Å². The van der Waals surface area contributed by atoms with E-state index in [2.05, 4.69) is 10.3 Å². The summed E-state index contributed by atoms with van der Waals surface area (Å²) >= 11 is 0. The first kappa shape index (κ1) is 17.8. The number of H-pyrrole nitrogens is 1. The lowest BCUT2D eigenvalue weighted by molar-refractivity contribution is -0.119. The second-order valence-corrected chi connectivity index (χ2v) is 6.59. The van der Waals surface area contributed by atoms with Crippen LogP contribution in [0.1, 0.15) is 23.3 Å². The molecule has 0 bridgehead atoms. The van der Waals surface area contributed by atoms with E-state index in [0.717, 1.165) is 23.0 Å². The molecule has 2 aromatic carbocycles. The number of ether oxygens (including phenoxy) is 1. The maximum atomic E-state index is 12.1. The van der Waals surface area contributed by atoms with Gasteiger partial charge in [0.1, 0.15) is 5.69 Å². The summed E-state index contributed by atoms with van der Waals surface area (Å²) in [5, 5.41) is 3.57. The molecule has 2 amide bonds. The zero-order valence-electron chi connectivity index (χ0n) is 15.1. The first-order chi connectivity index (χ1) is 13.6. The second-order valence-electron chi connectivity index (χ2n) is 6.59. The number of amides is 2. The number of benzene rings is 2. The lowest BCUT2D eigenvalue weighted by Gasteiger charge is -2.16. The summed E-state index contributed by atoms with van der Waals surface area (Å²) in [6.45, 7) is 0.328. The van der Waals surface area contributed by atoms with Gasteiger partial charge >= 0.3 is 5.97 Å². The number of hydrogen-bond donors (Lipinski definition) is 2. The van der Waals surface area contributed by atoms with E-state index in [1.165, 1.54) is 0 Å². The van der Waals surface area contributed by atoms with Crippen molar-refractivity contribution in [3.8, 4) is 0 Å². The second kappa shape index (κ2) is 7.56. The van der Waals surface area contributed by atoms with Crippen molar-refractivity contribution >= 4 is 40.1 Å². The lowest BCUT2D eigenvalue weighted by Crippen LogP contribution is -2.23. The van der Waals surface area contributed by atoms with E-state index >= 15 is 0 Å². The highest BCUT2D eigenvalue weighted by atomic mass is 16.5. The van der Waals surface area contributed by atoms with E-state index in [1.807, 2.05) is 24.3 Å². The van der Waals surface area contributed by atoms with E-state index in [1.54, 1.807) is 35.2 Å². The Morgan fingerprint density at radius 2 is 1.89 bits per heavy atom. The van der Waals surface area contributed by atoms with Crippen LogP contribution in [-0.4, -0.2) is 35.9 Å². The van der Waals surface area contributed by atoms with Crippen molar-refractivity contribution in [2.75, 3.05) is 23.4 Å². The zero-order chi connectivity index (χ0) is 19.5. The molecule has 1 aliphatic rings. The Balaban J connectivity index is 1.31. The van der Waals surface area contributed by atoms with Crippen molar-refractivity contribution in [2.45, 2.75) is 12.8 Å². The van der Waals surface area contributed by atoms with Gasteiger partial charge in [-0.3, -0.25) is 9.59 Å². The highest BCUT2D eigenvalue weighted by Gasteiger charge is 2.21. The number of fused-ring (bicyclic) bond motifs is 1. The minimum Gasteiger partial charge on any atom is -0.451 e. The number of nitrogens with one attached hydrogen (secondary N) is 2. The van der Waals surface area contributed by atoms with Crippen LogP contribution in [-0.2, 0) is 14.3 Å². The third-order valence-electron chi connectivity index (χ3n) is 4.62. The number of aromatic nitrogens is 1. The molecule has 0 unspecified atom stereocenters. The van der Waals surface area contributed by atoms with E-state index in [0.29, 0.717) is 24.3 Å². The Morgan fingerprint density at radius 3 is 2.61 bits per heavy atom. The summed E-state index contributed by atoms with van der Waals surface area (Å²) < 4.78 is 5.08. The van der Waals surface area contributed by atoms with Gasteiger partial charge in [0, 0.05) is 35.2 Å². The summed E-state index contributed by atoms with van der Waals surface area (Å²) in [6.07, 6.45) is 1.43. The number of anilines is 2. The monoisotopic (exact) mass is 377 g/mol. The van der Waals surface area contributed by atoms with Gasteiger partial charge in [-0.05, 0) is 42.8 Å². The molecule has 0 spiro atoms. The molecule has 1 saturated heterocycles. The molecule has 3 aromatic rings. The van der Waals surface area contributed by atoms with Gasteiger partial charge in [0.15, 0.2) is 6.61 Å². The van der Waals surface area contributed by atoms with E-state index in [4.69, 9.17) is 4.74 Å². The standard InChI is InChI=1S/C21H19N3O4/c25-19(13-28-21(27)18-12-14-4-1-2-5-17(14)23-18)22-15-7-9-16(10-8-15)24-11-3-6-20(24)26/h1-2,4-5,7-10,12,23H,3,6,11,13H2,(H,22,25). The van der Waals surface area contributed by atoms with Crippen molar-refractivity contribution < 1.29 is 19.1 Å². The molecule has 28 heavy (non-hydrogen) atoms. The molecule has 1 aliphatic heterocycles. The summed E-state index contributed by atoms with van der Waals surface area (Å²) in [5.41, 5.74) is 2.51. The Labute approximate surface area is 161 Å². The van der Waals surface area contributed by atoms with Crippen LogP contribution >= 0.6 is 0 Å².